The van der Waals surface area contributed by atoms with Gasteiger partial charge < -0.3 is 10.6 Å². The normalized spacial score (nSPS) is 23.0. The zero-order valence-electron chi connectivity index (χ0n) is 19.3. The molecule has 6 nitrogen and oxygen atoms in total. The fraction of sp³-hybridized carbons (Fsp3) is 0.407. The lowest BCUT2D eigenvalue weighted by Crippen LogP contribution is -2.31. The second-order valence-corrected chi connectivity index (χ2v) is 9.78. The summed E-state index contributed by atoms with van der Waals surface area (Å²) in [5.41, 5.74) is 9.55. The molecule has 5 rings (SSSR count). The number of amides is 1. The molecular formula is C27H29FN4O2. The van der Waals surface area contributed by atoms with Gasteiger partial charge in [0.2, 0.25) is 5.91 Å². The summed E-state index contributed by atoms with van der Waals surface area (Å²) in [6, 6.07) is 6.59. The van der Waals surface area contributed by atoms with Crippen LogP contribution in [0.15, 0.2) is 42.9 Å². The molecule has 7 heteroatoms. The van der Waals surface area contributed by atoms with Gasteiger partial charge in [0, 0.05) is 48.8 Å². The third-order valence-electron chi connectivity index (χ3n) is 7.18. The Labute approximate surface area is 198 Å². The second kappa shape index (κ2) is 9.22. The molecule has 0 spiro atoms. The number of anilines is 1. The zero-order valence-corrected chi connectivity index (χ0v) is 19.3. The van der Waals surface area contributed by atoms with E-state index in [2.05, 4.69) is 16.9 Å². The fourth-order valence-corrected chi connectivity index (χ4v) is 5.63. The number of fused-ring (bicyclic) bond motifs is 1. The highest BCUT2D eigenvalue weighted by Crippen LogP contribution is 2.37. The molecule has 1 amide bonds. The van der Waals surface area contributed by atoms with E-state index in [0.29, 0.717) is 41.6 Å². The quantitative estimate of drug-likeness (QED) is 0.564. The first-order valence-electron chi connectivity index (χ1n) is 12.0. The van der Waals surface area contributed by atoms with Crippen molar-refractivity contribution in [3.63, 3.8) is 0 Å². The monoisotopic (exact) mass is 460 g/mol. The van der Waals surface area contributed by atoms with Gasteiger partial charge in [-0.1, -0.05) is 6.92 Å². The summed E-state index contributed by atoms with van der Waals surface area (Å²) in [6.07, 6.45) is 9.46. The standard InChI is InChI=1S/C27H29FN4O2/c1-16-9-17(11-19(29)10-16)21-6-7-30-14-18(21)12-25(33)22-4-5-24(28)23-13-20(15-31-27(22)23)32-8-2-3-26(32)34/h4-7,13-17,19H,2-3,8-12,29H2,1H3/t16-,17+,19-/m0/s1. The number of carbonyl (C=O) groups is 2. The van der Waals surface area contributed by atoms with E-state index in [0.717, 1.165) is 36.8 Å². The largest absolute Gasteiger partial charge is 0.328 e. The molecule has 2 aliphatic rings. The maximum atomic E-state index is 14.7. The Morgan fingerprint density at radius 3 is 2.82 bits per heavy atom. The summed E-state index contributed by atoms with van der Waals surface area (Å²) in [5, 5.41) is 0.251. The Morgan fingerprint density at radius 1 is 1.21 bits per heavy atom. The number of halogens is 1. The molecule has 1 aliphatic carbocycles. The van der Waals surface area contributed by atoms with Crippen LogP contribution in [0.3, 0.4) is 0 Å². The van der Waals surface area contributed by atoms with E-state index in [4.69, 9.17) is 5.73 Å². The number of benzene rings is 1. The molecule has 1 aliphatic heterocycles. The third-order valence-corrected chi connectivity index (χ3v) is 7.18. The summed E-state index contributed by atoms with van der Waals surface area (Å²) >= 11 is 0. The van der Waals surface area contributed by atoms with E-state index in [-0.39, 0.29) is 29.5 Å². The Bertz CT molecular complexity index is 1250. The summed E-state index contributed by atoms with van der Waals surface area (Å²) in [7, 11) is 0. The average molecular weight is 461 g/mol. The van der Waals surface area contributed by atoms with Crippen molar-refractivity contribution in [1.82, 2.24) is 9.97 Å². The number of aromatic nitrogens is 2. The van der Waals surface area contributed by atoms with Gasteiger partial charge in [0.25, 0.3) is 0 Å². The van der Waals surface area contributed by atoms with Crippen LogP contribution in [-0.2, 0) is 11.2 Å². The Morgan fingerprint density at radius 2 is 2.06 bits per heavy atom. The van der Waals surface area contributed by atoms with Crippen molar-refractivity contribution in [1.29, 1.82) is 0 Å². The average Bonchev–Trinajstić information content (AvgIpc) is 3.24. The molecule has 2 aromatic heterocycles. The molecule has 0 radical (unpaired) electrons. The summed E-state index contributed by atoms with van der Waals surface area (Å²) < 4.78 is 14.7. The number of pyridine rings is 2. The van der Waals surface area contributed by atoms with Crippen molar-refractivity contribution in [3.8, 4) is 0 Å². The minimum atomic E-state index is -0.459. The van der Waals surface area contributed by atoms with Crippen LogP contribution in [0.5, 0.6) is 0 Å². The number of rotatable bonds is 5. The Hall–Kier alpha value is -3.19. The Balaban J connectivity index is 1.46. The van der Waals surface area contributed by atoms with Crippen molar-refractivity contribution >= 4 is 28.3 Å². The molecule has 1 aromatic carbocycles. The van der Waals surface area contributed by atoms with Gasteiger partial charge in [0.1, 0.15) is 5.82 Å². The predicted molar refractivity (Wildman–Crippen MR) is 129 cm³/mol. The van der Waals surface area contributed by atoms with Gasteiger partial charge in [0.05, 0.1) is 17.4 Å². The predicted octanol–water partition coefficient (Wildman–Crippen LogP) is 4.55. The van der Waals surface area contributed by atoms with Crippen LogP contribution in [0.1, 0.15) is 66.4 Å². The first-order valence-corrected chi connectivity index (χ1v) is 12.0. The smallest absolute Gasteiger partial charge is 0.227 e. The number of hydrogen-bond acceptors (Lipinski definition) is 5. The summed E-state index contributed by atoms with van der Waals surface area (Å²) in [4.78, 5) is 35.9. The molecule has 2 N–H and O–H groups in total. The van der Waals surface area contributed by atoms with E-state index < -0.39 is 5.82 Å². The van der Waals surface area contributed by atoms with E-state index >= 15 is 0 Å². The molecule has 1 saturated carbocycles. The highest BCUT2D eigenvalue weighted by Gasteiger charge is 2.28. The minimum Gasteiger partial charge on any atom is -0.328 e. The maximum absolute atomic E-state index is 14.7. The van der Waals surface area contributed by atoms with Gasteiger partial charge in [-0.2, -0.15) is 0 Å². The van der Waals surface area contributed by atoms with Gasteiger partial charge in [0.15, 0.2) is 5.78 Å². The van der Waals surface area contributed by atoms with Crippen LogP contribution in [0.25, 0.3) is 10.9 Å². The highest BCUT2D eigenvalue weighted by molar-refractivity contribution is 6.08. The van der Waals surface area contributed by atoms with Crippen LogP contribution < -0.4 is 10.6 Å². The summed E-state index contributed by atoms with van der Waals surface area (Å²) in [5.74, 6) is 0.250. The van der Waals surface area contributed by atoms with E-state index in [9.17, 15) is 14.0 Å². The third kappa shape index (κ3) is 4.32. The van der Waals surface area contributed by atoms with Crippen molar-refractivity contribution < 1.29 is 14.0 Å². The zero-order chi connectivity index (χ0) is 23.8. The van der Waals surface area contributed by atoms with Crippen LogP contribution >= 0.6 is 0 Å². The molecule has 3 atom stereocenters. The Kier molecular flexibility index (Phi) is 6.13. The van der Waals surface area contributed by atoms with Crippen molar-refractivity contribution in [2.75, 3.05) is 11.4 Å². The topological polar surface area (TPSA) is 89.2 Å². The van der Waals surface area contributed by atoms with Gasteiger partial charge in [-0.05, 0) is 72.9 Å². The van der Waals surface area contributed by atoms with E-state index in [1.54, 1.807) is 29.6 Å². The highest BCUT2D eigenvalue weighted by atomic mass is 19.1. The van der Waals surface area contributed by atoms with Crippen LogP contribution in [0.4, 0.5) is 10.1 Å². The van der Waals surface area contributed by atoms with Gasteiger partial charge in [-0.3, -0.25) is 19.6 Å². The molecular weight excluding hydrogens is 431 g/mol. The van der Waals surface area contributed by atoms with Crippen molar-refractivity contribution in [2.24, 2.45) is 11.7 Å². The lowest BCUT2D eigenvalue weighted by atomic mass is 9.75. The van der Waals surface area contributed by atoms with Gasteiger partial charge >= 0.3 is 0 Å². The first-order chi connectivity index (χ1) is 16.4. The van der Waals surface area contributed by atoms with Crippen molar-refractivity contribution in [3.05, 3.63) is 65.4 Å². The van der Waals surface area contributed by atoms with E-state index in [1.165, 1.54) is 12.1 Å². The molecule has 34 heavy (non-hydrogen) atoms. The molecule has 0 bridgehead atoms. The van der Waals surface area contributed by atoms with E-state index in [1.807, 2.05) is 6.07 Å². The first kappa shape index (κ1) is 22.6. The molecule has 176 valence electrons. The number of nitrogens with zero attached hydrogens (tertiary/aromatic N) is 3. The number of hydrogen-bond donors (Lipinski definition) is 1. The number of nitrogens with two attached hydrogens (primary N) is 1. The van der Waals surface area contributed by atoms with Crippen molar-refractivity contribution in [2.45, 2.75) is 57.4 Å². The van der Waals surface area contributed by atoms with Gasteiger partial charge in [-0.25, -0.2) is 4.39 Å². The molecule has 1 saturated heterocycles. The molecule has 2 fully saturated rings. The number of ketones is 1. The molecule has 3 heterocycles. The molecule has 3 aromatic rings. The SMILES string of the molecule is C[C@@H]1C[C@H](N)C[C@H](c2ccncc2CC(=O)c2ccc(F)c3cc(N4CCCC4=O)cnc23)C1. The van der Waals surface area contributed by atoms with Crippen LogP contribution in [0, 0.1) is 11.7 Å². The lowest BCUT2D eigenvalue weighted by molar-refractivity contribution is -0.117. The molecule has 0 unspecified atom stereocenters. The lowest BCUT2D eigenvalue weighted by Gasteiger charge is -2.32. The summed E-state index contributed by atoms with van der Waals surface area (Å²) in [6.45, 7) is 2.82. The number of carbonyl (C=O) groups excluding carboxylic acids is 2. The number of Topliss-reactive ketones (excluding diaryl/α,β-unsaturated/α-hetero) is 1. The van der Waals surface area contributed by atoms with Crippen LogP contribution in [0.2, 0.25) is 0 Å². The van der Waals surface area contributed by atoms with Crippen LogP contribution in [-0.4, -0.2) is 34.2 Å². The fourth-order valence-electron chi connectivity index (χ4n) is 5.63. The second-order valence-electron chi connectivity index (χ2n) is 9.78. The minimum absolute atomic E-state index is 0.00893. The van der Waals surface area contributed by atoms with Gasteiger partial charge in [-0.15, -0.1) is 0 Å². The maximum Gasteiger partial charge on any atom is 0.227 e.